The molecule has 0 spiro atoms. The van der Waals surface area contributed by atoms with E-state index in [2.05, 4.69) is 5.32 Å². The Bertz CT molecular complexity index is 579. The fourth-order valence-electron chi connectivity index (χ4n) is 1.83. The molecule has 2 aromatic carbocycles. The molecule has 0 atom stereocenters. The Balaban J connectivity index is 2.28. The minimum absolute atomic E-state index is 0.144. The number of nitrogens with zero attached hydrogens (tertiary/aromatic N) is 1. The molecule has 0 aliphatic carbocycles. The monoisotopic (exact) mass is 255 g/mol. The summed E-state index contributed by atoms with van der Waals surface area (Å²) in [5.74, 6) is -0.144. The highest BCUT2D eigenvalue weighted by molar-refractivity contribution is 6.06. The zero-order chi connectivity index (χ0) is 13.8. The van der Waals surface area contributed by atoms with E-state index >= 15 is 0 Å². The fourth-order valence-corrected chi connectivity index (χ4v) is 1.83. The molecule has 0 aliphatic rings. The van der Waals surface area contributed by atoms with Gasteiger partial charge in [0.2, 0.25) is 0 Å². The Morgan fingerprint density at radius 1 is 1.11 bits per heavy atom. The van der Waals surface area contributed by atoms with Gasteiger partial charge in [-0.2, -0.15) is 0 Å². The van der Waals surface area contributed by atoms with Crippen LogP contribution in [0.4, 0.5) is 17.1 Å². The number of anilines is 3. The number of hydrogen-bond acceptors (Lipinski definition) is 3. The number of benzene rings is 2. The maximum absolute atomic E-state index is 12.1. The molecule has 0 aliphatic heterocycles. The van der Waals surface area contributed by atoms with Crippen molar-refractivity contribution in [2.45, 2.75) is 0 Å². The Hall–Kier alpha value is -2.49. The fraction of sp³-hybridized carbons (Fsp3) is 0.133. The number of carbonyl (C=O) groups is 1. The van der Waals surface area contributed by atoms with Gasteiger partial charge in [-0.3, -0.25) is 4.79 Å². The van der Waals surface area contributed by atoms with Crippen molar-refractivity contribution in [1.82, 2.24) is 0 Å². The standard InChI is InChI=1S/C15H17N3O/c1-18(2)14-9-8-12(16)10-13(14)17-15(19)11-6-4-3-5-7-11/h3-10H,16H2,1-2H3,(H,17,19). The van der Waals surface area contributed by atoms with E-state index in [1.807, 2.05) is 49.3 Å². The minimum Gasteiger partial charge on any atom is -0.399 e. The maximum atomic E-state index is 12.1. The second kappa shape index (κ2) is 5.44. The van der Waals surface area contributed by atoms with Crippen LogP contribution in [0.25, 0.3) is 0 Å². The predicted octanol–water partition coefficient (Wildman–Crippen LogP) is 2.59. The first-order chi connectivity index (χ1) is 9.08. The molecule has 4 heteroatoms. The molecule has 1 amide bonds. The number of amides is 1. The number of nitrogens with one attached hydrogen (secondary N) is 1. The summed E-state index contributed by atoms with van der Waals surface area (Å²) in [6.45, 7) is 0. The van der Waals surface area contributed by atoms with Gasteiger partial charge in [0.15, 0.2) is 0 Å². The summed E-state index contributed by atoms with van der Waals surface area (Å²) in [4.78, 5) is 14.1. The molecule has 19 heavy (non-hydrogen) atoms. The maximum Gasteiger partial charge on any atom is 0.255 e. The van der Waals surface area contributed by atoms with Crippen molar-refractivity contribution in [3.8, 4) is 0 Å². The number of rotatable bonds is 3. The van der Waals surface area contributed by atoms with Crippen molar-refractivity contribution < 1.29 is 4.79 Å². The molecule has 98 valence electrons. The second-order valence-corrected chi connectivity index (χ2v) is 4.49. The first-order valence-corrected chi connectivity index (χ1v) is 6.01. The Kier molecular flexibility index (Phi) is 3.71. The van der Waals surface area contributed by atoms with E-state index < -0.39 is 0 Å². The van der Waals surface area contributed by atoms with Crippen LogP contribution in [-0.4, -0.2) is 20.0 Å². The van der Waals surface area contributed by atoms with Crippen molar-refractivity contribution >= 4 is 23.0 Å². The van der Waals surface area contributed by atoms with Gasteiger partial charge >= 0.3 is 0 Å². The average molecular weight is 255 g/mol. The summed E-state index contributed by atoms with van der Waals surface area (Å²) in [5, 5.41) is 2.89. The molecular formula is C15H17N3O. The van der Waals surface area contributed by atoms with Crippen molar-refractivity contribution in [3.63, 3.8) is 0 Å². The van der Waals surface area contributed by atoms with Gasteiger partial charge in [0.1, 0.15) is 0 Å². The average Bonchev–Trinajstić information content (AvgIpc) is 2.39. The van der Waals surface area contributed by atoms with Crippen LogP contribution in [-0.2, 0) is 0 Å². The lowest BCUT2D eigenvalue weighted by Crippen LogP contribution is -2.16. The second-order valence-electron chi connectivity index (χ2n) is 4.49. The van der Waals surface area contributed by atoms with Crippen molar-refractivity contribution in [1.29, 1.82) is 0 Å². The van der Waals surface area contributed by atoms with Crippen molar-refractivity contribution in [3.05, 3.63) is 54.1 Å². The van der Waals surface area contributed by atoms with E-state index in [4.69, 9.17) is 5.73 Å². The van der Waals surface area contributed by atoms with Gasteiger partial charge in [0.25, 0.3) is 5.91 Å². The number of nitrogen functional groups attached to an aromatic ring is 1. The molecule has 2 rings (SSSR count). The summed E-state index contributed by atoms with van der Waals surface area (Å²) < 4.78 is 0. The minimum atomic E-state index is -0.144. The summed E-state index contributed by atoms with van der Waals surface area (Å²) >= 11 is 0. The van der Waals surface area contributed by atoms with Gasteiger partial charge in [0.05, 0.1) is 11.4 Å². The first-order valence-electron chi connectivity index (χ1n) is 6.01. The zero-order valence-electron chi connectivity index (χ0n) is 11.1. The molecule has 4 nitrogen and oxygen atoms in total. The van der Waals surface area contributed by atoms with Crippen LogP contribution < -0.4 is 16.0 Å². The molecule has 0 saturated carbocycles. The Morgan fingerprint density at radius 2 is 1.79 bits per heavy atom. The van der Waals surface area contributed by atoms with Crippen LogP contribution in [0.3, 0.4) is 0 Å². The molecule has 3 N–H and O–H groups in total. The van der Waals surface area contributed by atoms with Gasteiger partial charge in [-0.1, -0.05) is 18.2 Å². The predicted molar refractivity (Wildman–Crippen MR) is 79.6 cm³/mol. The topological polar surface area (TPSA) is 58.4 Å². The zero-order valence-corrected chi connectivity index (χ0v) is 11.1. The third kappa shape index (κ3) is 3.04. The lowest BCUT2D eigenvalue weighted by Gasteiger charge is -2.18. The summed E-state index contributed by atoms with van der Waals surface area (Å²) in [5.41, 5.74) is 8.63. The van der Waals surface area contributed by atoms with E-state index in [1.54, 1.807) is 18.2 Å². The molecule has 0 saturated heterocycles. The van der Waals surface area contributed by atoms with Gasteiger partial charge in [-0.15, -0.1) is 0 Å². The number of nitrogens with two attached hydrogens (primary N) is 1. The largest absolute Gasteiger partial charge is 0.399 e. The van der Waals surface area contributed by atoms with E-state index in [-0.39, 0.29) is 5.91 Å². The van der Waals surface area contributed by atoms with Gasteiger partial charge in [0, 0.05) is 25.3 Å². The highest BCUT2D eigenvalue weighted by atomic mass is 16.1. The quantitative estimate of drug-likeness (QED) is 0.829. The Morgan fingerprint density at radius 3 is 2.42 bits per heavy atom. The van der Waals surface area contributed by atoms with Gasteiger partial charge in [-0.05, 0) is 30.3 Å². The summed E-state index contributed by atoms with van der Waals surface area (Å²) in [7, 11) is 3.84. The van der Waals surface area contributed by atoms with E-state index in [0.29, 0.717) is 16.9 Å². The molecule has 0 aromatic heterocycles. The number of carbonyl (C=O) groups excluding carboxylic acids is 1. The normalized spacial score (nSPS) is 10.0. The first kappa shape index (κ1) is 13.0. The van der Waals surface area contributed by atoms with Crippen LogP contribution >= 0.6 is 0 Å². The van der Waals surface area contributed by atoms with Crippen LogP contribution in [0, 0.1) is 0 Å². The highest BCUT2D eigenvalue weighted by Gasteiger charge is 2.10. The van der Waals surface area contributed by atoms with Gasteiger partial charge in [-0.25, -0.2) is 0 Å². The smallest absolute Gasteiger partial charge is 0.255 e. The summed E-state index contributed by atoms with van der Waals surface area (Å²) in [6.07, 6.45) is 0. The lowest BCUT2D eigenvalue weighted by atomic mass is 10.2. The number of hydrogen-bond donors (Lipinski definition) is 2. The molecule has 0 radical (unpaired) electrons. The molecule has 0 heterocycles. The van der Waals surface area contributed by atoms with E-state index in [0.717, 1.165) is 5.69 Å². The van der Waals surface area contributed by atoms with Gasteiger partial charge < -0.3 is 16.0 Å². The van der Waals surface area contributed by atoms with E-state index in [1.165, 1.54) is 0 Å². The van der Waals surface area contributed by atoms with E-state index in [9.17, 15) is 4.79 Å². The Labute approximate surface area is 112 Å². The summed E-state index contributed by atoms with van der Waals surface area (Å²) in [6, 6.07) is 14.6. The third-order valence-corrected chi connectivity index (χ3v) is 2.79. The molecule has 0 fully saturated rings. The highest BCUT2D eigenvalue weighted by Crippen LogP contribution is 2.27. The SMILES string of the molecule is CN(C)c1ccc(N)cc1NC(=O)c1ccccc1. The molecular weight excluding hydrogens is 238 g/mol. The molecule has 0 bridgehead atoms. The molecule has 2 aromatic rings. The van der Waals surface area contributed by atoms with Crippen LogP contribution in [0.2, 0.25) is 0 Å². The molecule has 0 unspecified atom stereocenters. The van der Waals surface area contributed by atoms with Crippen molar-refractivity contribution in [2.75, 3.05) is 30.0 Å². The van der Waals surface area contributed by atoms with Crippen LogP contribution in [0.5, 0.6) is 0 Å². The lowest BCUT2D eigenvalue weighted by molar-refractivity contribution is 0.102. The third-order valence-electron chi connectivity index (χ3n) is 2.79. The van der Waals surface area contributed by atoms with Crippen LogP contribution in [0.15, 0.2) is 48.5 Å². The van der Waals surface area contributed by atoms with Crippen molar-refractivity contribution in [2.24, 2.45) is 0 Å². The van der Waals surface area contributed by atoms with Crippen LogP contribution in [0.1, 0.15) is 10.4 Å².